The molecule has 6 heteroatoms. The van der Waals surface area contributed by atoms with Crippen molar-refractivity contribution in [3.8, 4) is 5.75 Å². The molecule has 1 saturated heterocycles. The van der Waals surface area contributed by atoms with Crippen molar-refractivity contribution >= 4 is 57.6 Å². The molecule has 1 aliphatic heterocycles. The smallest absolute Gasteiger partial charge is 0.270 e. The van der Waals surface area contributed by atoms with Crippen molar-refractivity contribution in [2.75, 3.05) is 4.90 Å². The van der Waals surface area contributed by atoms with Gasteiger partial charge in [0.25, 0.3) is 5.91 Å². The first-order valence-electron chi connectivity index (χ1n) is 9.33. The molecule has 4 rings (SSSR count). The predicted octanol–water partition coefficient (Wildman–Crippen LogP) is 6.63. The minimum atomic E-state index is -0.125. The Labute approximate surface area is 190 Å². The minimum absolute atomic E-state index is 0.125. The third-order valence-corrected chi connectivity index (χ3v) is 6.37. The summed E-state index contributed by atoms with van der Waals surface area (Å²) in [6, 6.07) is 22.9. The number of hydrogen-bond acceptors (Lipinski definition) is 4. The number of ether oxygens (including phenoxy) is 1. The summed E-state index contributed by atoms with van der Waals surface area (Å²) in [6.45, 7) is 2.31. The van der Waals surface area contributed by atoms with Crippen LogP contribution in [0.25, 0.3) is 6.08 Å². The van der Waals surface area contributed by atoms with Crippen LogP contribution in [0.5, 0.6) is 5.75 Å². The molecule has 0 spiro atoms. The summed E-state index contributed by atoms with van der Waals surface area (Å²) in [6.07, 6.45) is 1.83. The molecule has 30 heavy (non-hydrogen) atoms. The molecule has 0 unspecified atom stereocenters. The average molecular weight is 452 g/mol. The zero-order chi connectivity index (χ0) is 21.1. The first-order valence-corrected chi connectivity index (χ1v) is 10.9. The topological polar surface area (TPSA) is 29.5 Å². The van der Waals surface area contributed by atoms with Gasteiger partial charge in [-0.3, -0.25) is 9.69 Å². The first kappa shape index (κ1) is 20.7. The van der Waals surface area contributed by atoms with Crippen molar-refractivity contribution in [1.82, 2.24) is 0 Å². The van der Waals surface area contributed by atoms with Gasteiger partial charge < -0.3 is 4.74 Å². The number of benzene rings is 3. The van der Waals surface area contributed by atoms with E-state index in [0.717, 1.165) is 22.4 Å². The second-order valence-electron chi connectivity index (χ2n) is 6.72. The molecule has 0 aliphatic carbocycles. The second-order valence-corrected chi connectivity index (χ2v) is 8.80. The third kappa shape index (κ3) is 4.29. The Morgan fingerprint density at radius 3 is 2.53 bits per heavy atom. The molecular weight excluding hydrogens is 434 g/mol. The van der Waals surface area contributed by atoms with Crippen molar-refractivity contribution < 1.29 is 9.53 Å². The summed E-state index contributed by atoms with van der Waals surface area (Å²) in [4.78, 5) is 15.3. The Bertz CT molecular complexity index is 1160. The number of rotatable bonds is 5. The monoisotopic (exact) mass is 451 g/mol. The Morgan fingerprint density at radius 1 is 1.03 bits per heavy atom. The number of halogens is 1. The average Bonchev–Trinajstić information content (AvgIpc) is 3.02. The first-order chi connectivity index (χ1) is 14.5. The van der Waals surface area contributed by atoms with E-state index >= 15 is 0 Å². The number of amides is 1. The van der Waals surface area contributed by atoms with Crippen molar-refractivity contribution in [2.45, 2.75) is 13.5 Å². The summed E-state index contributed by atoms with van der Waals surface area (Å²) < 4.78 is 6.53. The molecule has 0 N–H and O–H groups in total. The van der Waals surface area contributed by atoms with E-state index in [1.165, 1.54) is 11.8 Å². The molecule has 0 atom stereocenters. The summed E-state index contributed by atoms with van der Waals surface area (Å²) in [5, 5.41) is 0.661. The molecule has 0 saturated carbocycles. The van der Waals surface area contributed by atoms with Gasteiger partial charge in [-0.2, -0.15) is 0 Å². The van der Waals surface area contributed by atoms with Crippen LogP contribution >= 0.6 is 35.6 Å². The van der Waals surface area contributed by atoms with Gasteiger partial charge in [0.2, 0.25) is 0 Å². The fourth-order valence-electron chi connectivity index (χ4n) is 3.13. The van der Waals surface area contributed by atoms with Crippen LogP contribution in [0.15, 0.2) is 77.7 Å². The van der Waals surface area contributed by atoms with E-state index < -0.39 is 0 Å². The van der Waals surface area contributed by atoms with E-state index in [4.69, 9.17) is 28.6 Å². The maximum atomic E-state index is 13.1. The molecular formula is C24H18ClNO2S2. The summed E-state index contributed by atoms with van der Waals surface area (Å²) >= 11 is 13.0. The van der Waals surface area contributed by atoms with Crippen molar-refractivity contribution in [2.24, 2.45) is 0 Å². The van der Waals surface area contributed by atoms with Crippen molar-refractivity contribution in [1.29, 1.82) is 0 Å². The maximum absolute atomic E-state index is 13.1. The molecule has 3 aromatic carbocycles. The van der Waals surface area contributed by atoms with Gasteiger partial charge in [-0.15, -0.1) is 0 Å². The highest BCUT2D eigenvalue weighted by Crippen LogP contribution is 2.38. The van der Waals surface area contributed by atoms with Gasteiger partial charge in [-0.25, -0.2) is 0 Å². The number of hydrogen-bond donors (Lipinski definition) is 0. The number of carbonyl (C=O) groups excluding carboxylic acids is 1. The van der Waals surface area contributed by atoms with E-state index in [0.29, 0.717) is 26.6 Å². The van der Waals surface area contributed by atoms with E-state index in [1.807, 2.05) is 85.8 Å². The van der Waals surface area contributed by atoms with Crippen LogP contribution in [0, 0.1) is 6.92 Å². The van der Waals surface area contributed by atoms with Gasteiger partial charge in [0.15, 0.2) is 4.32 Å². The standard InChI is InChI=1S/C24H18ClNO2S2/c1-16-8-2-6-12-20(16)26-23(27)22(30-24(26)29)14-17-9-4-7-13-21(17)28-15-18-10-3-5-11-19(18)25/h2-14H,15H2,1H3/b22-14+. The van der Waals surface area contributed by atoms with Crippen LogP contribution in [0.1, 0.15) is 16.7 Å². The zero-order valence-corrected chi connectivity index (χ0v) is 18.6. The van der Waals surface area contributed by atoms with Crippen molar-refractivity contribution in [3.05, 3.63) is 99.4 Å². The number of thiocarbonyl (C=S) groups is 1. The lowest BCUT2D eigenvalue weighted by atomic mass is 10.1. The largest absolute Gasteiger partial charge is 0.488 e. The maximum Gasteiger partial charge on any atom is 0.270 e. The molecule has 3 aromatic rings. The predicted molar refractivity (Wildman–Crippen MR) is 129 cm³/mol. The van der Waals surface area contributed by atoms with E-state index in [9.17, 15) is 4.79 Å². The normalized spacial score (nSPS) is 15.1. The van der Waals surface area contributed by atoms with Gasteiger partial charge in [0, 0.05) is 16.1 Å². The molecule has 0 radical (unpaired) electrons. The van der Waals surface area contributed by atoms with Crippen LogP contribution < -0.4 is 9.64 Å². The van der Waals surface area contributed by atoms with E-state index in [-0.39, 0.29) is 5.91 Å². The number of anilines is 1. The van der Waals surface area contributed by atoms with Gasteiger partial charge >= 0.3 is 0 Å². The highest BCUT2D eigenvalue weighted by Gasteiger charge is 2.34. The number of thioether (sulfide) groups is 1. The van der Waals surface area contributed by atoms with Crippen LogP contribution in [-0.4, -0.2) is 10.2 Å². The van der Waals surface area contributed by atoms with Crippen LogP contribution in [0.2, 0.25) is 5.02 Å². The molecule has 1 heterocycles. The fraction of sp³-hybridized carbons (Fsp3) is 0.0833. The molecule has 0 bridgehead atoms. The molecule has 0 aromatic heterocycles. The molecule has 1 fully saturated rings. The summed E-state index contributed by atoms with van der Waals surface area (Å²) in [5.74, 6) is 0.554. The Morgan fingerprint density at radius 2 is 1.73 bits per heavy atom. The Balaban J connectivity index is 1.60. The molecule has 1 aliphatic rings. The lowest BCUT2D eigenvalue weighted by Crippen LogP contribution is -2.28. The molecule has 150 valence electrons. The SMILES string of the molecule is Cc1ccccc1N1C(=O)/C(=C\c2ccccc2OCc2ccccc2Cl)SC1=S. The minimum Gasteiger partial charge on any atom is -0.488 e. The summed E-state index contributed by atoms with van der Waals surface area (Å²) in [5.41, 5.74) is 3.53. The zero-order valence-electron chi connectivity index (χ0n) is 16.2. The third-order valence-electron chi connectivity index (χ3n) is 4.70. The lowest BCUT2D eigenvalue weighted by molar-refractivity contribution is -0.113. The Hall–Kier alpha value is -2.60. The van der Waals surface area contributed by atoms with Crippen LogP contribution in [0.4, 0.5) is 5.69 Å². The van der Waals surface area contributed by atoms with Gasteiger partial charge in [0.05, 0.1) is 10.6 Å². The van der Waals surface area contributed by atoms with Gasteiger partial charge in [-0.1, -0.05) is 90.2 Å². The van der Waals surface area contributed by atoms with E-state index in [2.05, 4.69) is 0 Å². The highest BCUT2D eigenvalue weighted by molar-refractivity contribution is 8.27. The van der Waals surface area contributed by atoms with Crippen molar-refractivity contribution in [3.63, 3.8) is 0 Å². The molecule has 1 amide bonds. The second kappa shape index (κ2) is 9.04. The number of para-hydroxylation sites is 2. The number of nitrogens with zero attached hydrogens (tertiary/aromatic N) is 1. The lowest BCUT2D eigenvalue weighted by Gasteiger charge is -2.16. The van der Waals surface area contributed by atoms with Gasteiger partial charge in [0.1, 0.15) is 12.4 Å². The van der Waals surface area contributed by atoms with Gasteiger partial charge in [-0.05, 0) is 36.8 Å². The van der Waals surface area contributed by atoms with Crippen LogP contribution in [0.3, 0.4) is 0 Å². The Kier molecular flexibility index (Phi) is 6.23. The fourth-order valence-corrected chi connectivity index (χ4v) is 4.60. The molecule has 3 nitrogen and oxygen atoms in total. The quantitative estimate of drug-likeness (QED) is 0.321. The highest BCUT2D eigenvalue weighted by atomic mass is 35.5. The number of aryl methyl sites for hydroxylation is 1. The summed E-state index contributed by atoms with van der Waals surface area (Å²) in [7, 11) is 0. The van der Waals surface area contributed by atoms with E-state index in [1.54, 1.807) is 4.90 Å². The number of carbonyl (C=O) groups is 1. The van der Waals surface area contributed by atoms with Crippen LogP contribution in [-0.2, 0) is 11.4 Å².